The summed E-state index contributed by atoms with van der Waals surface area (Å²) in [4.78, 5) is 16.1. The molecule has 1 aliphatic rings. The number of carbonyl (C=O) groups is 1. The summed E-state index contributed by atoms with van der Waals surface area (Å²) in [7, 11) is 3.29. The van der Waals surface area contributed by atoms with E-state index in [1.54, 1.807) is 14.2 Å². The molecule has 1 unspecified atom stereocenters. The Labute approximate surface area is 210 Å². The number of fused-ring (bicyclic) bond motifs is 2. The molecule has 1 aliphatic heterocycles. The van der Waals surface area contributed by atoms with Gasteiger partial charge in [-0.1, -0.05) is 41.9 Å². The van der Waals surface area contributed by atoms with Crippen LogP contribution in [0.4, 0.5) is 0 Å². The molecular formula is C29H29ClN2O3. The van der Waals surface area contributed by atoms with Gasteiger partial charge in [-0.25, -0.2) is 0 Å². The van der Waals surface area contributed by atoms with Crippen molar-refractivity contribution in [2.24, 2.45) is 0 Å². The van der Waals surface area contributed by atoms with Gasteiger partial charge in [0.1, 0.15) is 0 Å². The minimum absolute atomic E-state index is 0.0489. The topological polar surface area (TPSA) is 43.7 Å². The van der Waals surface area contributed by atoms with Crippen LogP contribution in [0, 0.1) is 0 Å². The highest BCUT2D eigenvalue weighted by Crippen LogP contribution is 2.40. The van der Waals surface area contributed by atoms with Gasteiger partial charge in [0.25, 0.3) is 5.91 Å². The summed E-state index contributed by atoms with van der Waals surface area (Å²) < 4.78 is 13.3. The van der Waals surface area contributed by atoms with Gasteiger partial charge in [-0.3, -0.25) is 4.79 Å². The Morgan fingerprint density at radius 1 is 1.03 bits per heavy atom. The van der Waals surface area contributed by atoms with E-state index in [1.165, 1.54) is 5.56 Å². The highest BCUT2D eigenvalue weighted by Gasteiger charge is 2.34. The van der Waals surface area contributed by atoms with Crippen molar-refractivity contribution >= 4 is 28.4 Å². The summed E-state index contributed by atoms with van der Waals surface area (Å²) in [6, 6.07) is 19.9. The zero-order valence-corrected chi connectivity index (χ0v) is 21.0. The summed E-state index contributed by atoms with van der Waals surface area (Å²) in [5.41, 5.74) is 5.22. The van der Waals surface area contributed by atoms with Crippen molar-refractivity contribution in [3.63, 3.8) is 0 Å². The fraction of sp³-hybridized carbons (Fsp3) is 0.276. The molecule has 0 fully saturated rings. The smallest absolute Gasteiger partial charge is 0.256 e. The molecule has 1 atom stereocenters. The van der Waals surface area contributed by atoms with E-state index >= 15 is 0 Å². The minimum atomic E-state index is -0.143. The number of aromatic nitrogens is 1. The Morgan fingerprint density at radius 2 is 1.74 bits per heavy atom. The number of hydrogen-bond acceptors (Lipinski definition) is 3. The lowest BCUT2D eigenvalue weighted by atomic mass is 9.87. The molecule has 35 heavy (non-hydrogen) atoms. The molecule has 0 radical (unpaired) electrons. The summed E-state index contributed by atoms with van der Waals surface area (Å²) in [5, 5.41) is 1.69. The van der Waals surface area contributed by atoms with Gasteiger partial charge in [-0.2, -0.15) is 0 Å². The van der Waals surface area contributed by atoms with Crippen molar-refractivity contribution in [2.45, 2.75) is 32.4 Å². The van der Waals surface area contributed by atoms with Gasteiger partial charge in [0.2, 0.25) is 0 Å². The maximum atomic E-state index is 14.1. The molecule has 1 amide bonds. The number of amides is 1. The van der Waals surface area contributed by atoms with Crippen LogP contribution in [-0.2, 0) is 19.4 Å². The molecule has 6 heteroatoms. The molecule has 2 heterocycles. The number of aryl methyl sites for hydroxylation is 1. The van der Waals surface area contributed by atoms with Crippen LogP contribution in [0.5, 0.6) is 11.5 Å². The van der Waals surface area contributed by atoms with E-state index in [0.717, 1.165) is 40.6 Å². The molecule has 3 aromatic carbocycles. The fourth-order valence-corrected chi connectivity index (χ4v) is 5.29. The number of ether oxygens (including phenoxy) is 2. The van der Waals surface area contributed by atoms with E-state index in [9.17, 15) is 4.79 Å². The molecule has 5 nitrogen and oxygen atoms in total. The Bertz CT molecular complexity index is 1380. The maximum absolute atomic E-state index is 14.1. The number of benzene rings is 3. The second-order valence-electron chi connectivity index (χ2n) is 8.85. The zero-order valence-electron chi connectivity index (χ0n) is 20.3. The first-order valence-electron chi connectivity index (χ1n) is 11.9. The van der Waals surface area contributed by atoms with Crippen molar-refractivity contribution in [3.8, 4) is 11.5 Å². The van der Waals surface area contributed by atoms with Gasteiger partial charge in [-0.05, 0) is 66.8 Å². The second-order valence-corrected chi connectivity index (χ2v) is 9.28. The third kappa shape index (κ3) is 4.25. The predicted octanol–water partition coefficient (Wildman–Crippen LogP) is 6.31. The molecule has 0 saturated heterocycles. The van der Waals surface area contributed by atoms with Crippen molar-refractivity contribution in [1.29, 1.82) is 0 Å². The van der Waals surface area contributed by atoms with E-state index < -0.39 is 0 Å². The molecule has 0 saturated carbocycles. The van der Waals surface area contributed by atoms with E-state index in [-0.39, 0.29) is 11.9 Å². The Hall–Kier alpha value is -3.44. The number of methoxy groups -OCH3 is 2. The first kappa shape index (κ1) is 23.3. The van der Waals surface area contributed by atoms with E-state index in [1.807, 2.05) is 65.7 Å². The molecule has 0 aliphatic carbocycles. The molecule has 0 N–H and O–H groups in total. The molecule has 180 valence electrons. The Morgan fingerprint density at radius 3 is 2.46 bits per heavy atom. The van der Waals surface area contributed by atoms with Crippen LogP contribution in [-0.4, -0.2) is 36.1 Å². The number of carbonyl (C=O) groups excluding carboxylic acids is 1. The largest absolute Gasteiger partial charge is 0.493 e. The molecule has 0 spiro atoms. The molecular weight excluding hydrogens is 460 g/mol. The third-order valence-corrected chi connectivity index (χ3v) is 7.22. The summed E-state index contributed by atoms with van der Waals surface area (Å²) >= 11 is 6.14. The van der Waals surface area contributed by atoms with Crippen LogP contribution < -0.4 is 9.47 Å². The van der Waals surface area contributed by atoms with Gasteiger partial charge < -0.3 is 18.9 Å². The SMILES string of the molecule is CCn1cc(C(=O)N2CCc3cc(OC)c(OC)cc3C2Cc2ccc(Cl)cc2)c2ccccc21. The lowest BCUT2D eigenvalue weighted by Crippen LogP contribution is -2.41. The van der Waals surface area contributed by atoms with Crippen LogP contribution in [0.2, 0.25) is 5.02 Å². The molecule has 1 aromatic heterocycles. The molecule has 0 bridgehead atoms. The van der Waals surface area contributed by atoms with Crippen LogP contribution in [0.3, 0.4) is 0 Å². The Balaban J connectivity index is 1.61. The van der Waals surface area contributed by atoms with Crippen LogP contribution in [0.15, 0.2) is 66.9 Å². The van der Waals surface area contributed by atoms with Crippen molar-refractivity contribution < 1.29 is 14.3 Å². The van der Waals surface area contributed by atoms with Crippen molar-refractivity contribution in [2.75, 3.05) is 20.8 Å². The molecule has 5 rings (SSSR count). The fourth-order valence-electron chi connectivity index (χ4n) is 5.17. The Kier molecular flexibility index (Phi) is 6.44. The first-order chi connectivity index (χ1) is 17.0. The molecule has 4 aromatic rings. The first-order valence-corrected chi connectivity index (χ1v) is 12.3. The summed E-state index contributed by atoms with van der Waals surface area (Å²) in [6.07, 6.45) is 3.43. The van der Waals surface area contributed by atoms with E-state index in [2.05, 4.69) is 17.6 Å². The van der Waals surface area contributed by atoms with Crippen LogP contribution in [0.25, 0.3) is 10.9 Å². The monoisotopic (exact) mass is 488 g/mol. The minimum Gasteiger partial charge on any atom is -0.493 e. The quantitative estimate of drug-likeness (QED) is 0.319. The zero-order chi connectivity index (χ0) is 24.5. The lowest BCUT2D eigenvalue weighted by Gasteiger charge is -2.38. The van der Waals surface area contributed by atoms with Crippen LogP contribution >= 0.6 is 11.6 Å². The standard InChI is InChI=1S/C29H29ClN2O3/c1-4-31-18-24(22-7-5-6-8-25(22)31)29(33)32-14-13-20-16-27(34-2)28(35-3)17-23(20)26(32)15-19-9-11-21(30)12-10-19/h5-12,16-18,26H,4,13-15H2,1-3H3. The number of hydrogen-bond donors (Lipinski definition) is 0. The summed E-state index contributed by atoms with van der Waals surface area (Å²) in [5.74, 6) is 1.43. The summed E-state index contributed by atoms with van der Waals surface area (Å²) in [6.45, 7) is 3.54. The lowest BCUT2D eigenvalue weighted by molar-refractivity contribution is 0.0661. The van der Waals surface area contributed by atoms with Crippen LogP contribution in [0.1, 0.15) is 40.0 Å². The number of nitrogens with zero attached hydrogens (tertiary/aromatic N) is 2. The van der Waals surface area contributed by atoms with Gasteiger partial charge in [-0.15, -0.1) is 0 Å². The number of rotatable bonds is 6. The predicted molar refractivity (Wildman–Crippen MR) is 140 cm³/mol. The normalized spacial score (nSPS) is 15.2. The highest BCUT2D eigenvalue weighted by molar-refractivity contribution is 6.30. The van der Waals surface area contributed by atoms with E-state index in [4.69, 9.17) is 21.1 Å². The van der Waals surface area contributed by atoms with Gasteiger partial charge in [0.15, 0.2) is 11.5 Å². The second kappa shape index (κ2) is 9.67. The van der Waals surface area contributed by atoms with Crippen molar-refractivity contribution in [3.05, 3.63) is 94.1 Å². The van der Waals surface area contributed by atoms with Gasteiger partial charge in [0, 0.05) is 35.2 Å². The number of para-hydroxylation sites is 1. The van der Waals surface area contributed by atoms with E-state index in [0.29, 0.717) is 29.5 Å². The highest BCUT2D eigenvalue weighted by atomic mass is 35.5. The third-order valence-electron chi connectivity index (χ3n) is 6.97. The maximum Gasteiger partial charge on any atom is 0.256 e. The van der Waals surface area contributed by atoms with Gasteiger partial charge >= 0.3 is 0 Å². The van der Waals surface area contributed by atoms with Gasteiger partial charge in [0.05, 0.1) is 25.8 Å². The average Bonchev–Trinajstić information content (AvgIpc) is 3.27. The number of halogens is 1. The van der Waals surface area contributed by atoms with Crippen molar-refractivity contribution in [1.82, 2.24) is 9.47 Å². The average molecular weight is 489 g/mol.